The lowest BCUT2D eigenvalue weighted by molar-refractivity contribution is -0.130. The maximum absolute atomic E-state index is 12.0. The Morgan fingerprint density at radius 2 is 2.10 bits per heavy atom. The number of aryl methyl sites for hydroxylation is 1. The monoisotopic (exact) mass is 272 g/mol. The van der Waals surface area contributed by atoms with Gasteiger partial charge in [0.1, 0.15) is 0 Å². The van der Waals surface area contributed by atoms with E-state index in [2.05, 4.69) is 30.0 Å². The molecule has 0 radical (unpaired) electrons. The van der Waals surface area contributed by atoms with Gasteiger partial charge in [0.15, 0.2) is 0 Å². The average molecular weight is 272 g/mol. The summed E-state index contributed by atoms with van der Waals surface area (Å²) in [4.78, 5) is 16.1. The number of fused-ring (bicyclic) bond motifs is 2. The lowest BCUT2D eigenvalue weighted by Gasteiger charge is -2.38. The summed E-state index contributed by atoms with van der Waals surface area (Å²) in [5.74, 6) is 0.213. The van der Waals surface area contributed by atoms with E-state index in [1.807, 2.05) is 14.1 Å². The second kappa shape index (κ2) is 4.88. The van der Waals surface area contributed by atoms with E-state index in [0.29, 0.717) is 6.54 Å². The van der Waals surface area contributed by atoms with Gasteiger partial charge in [-0.1, -0.05) is 25.1 Å². The van der Waals surface area contributed by atoms with Crippen LogP contribution in [0.2, 0.25) is 0 Å². The van der Waals surface area contributed by atoms with Gasteiger partial charge >= 0.3 is 0 Å². The van der Waals surface area contributed by atoms with E-state index in [4.69, 9.17) is 0 Å². The number of amides is 1. The van der Waals surface area contributed by atoms with Gasteiger partial charge in [0.2, 0.25) is 5.91 Å². The van der Waals surface area contributed by atoms with Crippen LogP contribution in [0.25, 0.3) is 0 Å². The van der Waals surface area contributed by atoms with Crippen molar-refractivity contribution in [2.24, 2.45) is 0 Å². The molecule has 1 aliphatic carbocycles. The normalized spacial score (nSPS) is 19.8. The van der Waals surface area contributed by atoms with E-state index in [0.717, 1.165) is 19.4 Å². The molecule has 0 N–H and O–H groups in total. The molecular weight excluding hydrogens is 248 g/mol. The van der Waals surface area contributed by atoms with E-state index in [1.54, 1.807) is 4.90 Å². The second-order valence-electron chi connectivity index (χ2n) is 6.34. The van der Waals surface area contributed by atoms with Crippen molar-refractivity contribution < 1.29 is 4.79 Å². The Morgan fingerprint density at radius 3 is 2.70 bits per heavy atom. The van der Waals surface area contributed by atoms with Gasteiger partial charge < -0.3 is 4.90 Å². The molecule has 108 valence electrons. The molecule has 1 aromatic carbocycles. The lowest BCUT2D eigenvalue weighted by Crippen LogP contribution is -2.46. The smallest absolute Gasteiger partial charge is 0.236 e. The van der Waals surface area contributed by atoms with Gasteiger partial charge in [-0.2, -0.15) is 0 Å². The minimum absolute atomic E-state index is 0.172. The molecule has 3 rings (SSSR count). The molecule has 1 amide bonds. The summed E-state index contributed by atoms with van der Waals surface area (Å²) in [5.41, 5.74) is 4.59. The van der Waals surface area contributed by atoms with Gasteiger partial charge in [0, 0.05) is 26.2 Å². The summed E-state index contributed by atoms with van der Waals surface area (Å²) in [7, 11) is 3.68. The van der Waals surface area contributed by atoms with Crippen LogP contribution in [0.4, 0.5) is 0 Å². The fourth-order valence-corrected chi connectivity index (χ4v) is 3.41. The Hall–Kier alpha value is -1.35. The fourth-order valence-electron chi connectivity index (χ4n) is 3.41. The minimum atomic E-state index is 0.172. The third-order valence-corrected chi connectivity index (χ3v) is 4.88. The molecule has 20 heavy (non-hydrogen) atoms. The molecule has 3 heteroatoms. The second-order valence-corrected chi connectivity index (χ2v) is 6.34. The van der Waals surface area contributed by atoms with Crippen LogP contribution in [-0.2, 0) is 23.2 Å². The summed E-state index contributed by atoms with van der Waals surface area (Å²) >= 11 is 0. The predicted octanol–water partition coefficient (Wildman–Crippen LogP) is 2.18. The highest BCUT2D eigenvalue weighted by Gasteiger charge is 2.52. The van der Waals surface area contributed by atoms with Crippen molar-refractivity contribution in [3.8, 4) is 0 Å². The maximum atomic E-state index is 12.0. The molecule has 1 heterocycles. The van der Waals surface area contributed by atoms with Crippen molar-refractivity contribution in [2.75, 3.05) is 27.2 Å². The number of likely N-dealkylation sites (N-methyl/N-ethyl adjacent to an activating group) is 1. The van der Waals surface area contributed by atoms with Gasteiger partial charge in [-0.05, 0) is 42.4 Å². The Kier molecular flexibility index (Phi) is 3.33. The van der Waals surface area contributed by atoms with E-state index in [9.17, 15) is 4.79 Å². The number of rotatable bonds is 3. The Bertz CT molecular complexity index is 532. The molecule has 1 spiro atoms. The lowest BCUT2D eigenvalue weighted by atomic mass is 9.88. The Labute approximate surface area is 121 Å². The topological polar surface area (TPSA) is 23.6 Å². The van der Waals surface area contributed by atoms with Crippen LogP contribution < -0.4 is 0 Å². The number of carbonyl (C=O) groups excluding carboxylic acids is 1. The van der Waals surface area contributed by atoms with Crippen molar-refractivity contribution in [1.82, 2.24) is 9.80 Å². The Morgan fingerprint density at radius 1 is 1.35 bits per heavy atom. The fraction of sp³-hybridized carbons (Fsp3) is 0.588. The first-order valence-electron chi connectivity index (χ1n) is 7.64. The highest BCUT2D eigenvalue weighted by Crippen LogP contribution is 2.54. The molecule has 0 bridgehead atoms. The van der Waals surface area contributed by atoms with Crippen LogP contribution >= 0.6 is 0 Å². The van der Waals surface area contributed by atoms with Gasteiger partial charge in [-0.3, -0.25) is 9.69 Å². The number of benzene rings is 1. The molecule has 1 saturated carbocycles. The molecule has 1 aromatic rings. The van der Waals surface area contributed by atoms with Crippen molar-refractivity contribution in [1.29, 1.82) is 0 Å². The van der Waals surface area contributed by atoms with Crippen LogP contribution in [0.15, 0.2) is 18.2 Å². The molecule has 0 saturated heterocycles. The van der Waals surface area contributed by atoms with Crippen LogP contribution in [0, 0.1) is 0 Å². The molecule has 0 aromatic heterocycles. The molecule has 0 atom stereocenters. The van der Waals surface area contributed by atoms with Crippen LogP contribution in [0.3, 0.4) is 0 Å². The quantitative estimate of drug-likeness (QED) is 0.842. The standard InChI is InChI=1S/C17H24N2O/c1-4-13-5-6-15-14(11-13)7-10-19(17(15)8-9-17)12-16(20)18(2)3/h5-6,11H,4,7-10,12H2,1-3H3. The summed E-state index contributed by atoms with van der Waals surface area (Å²) in [5, 5.41) is 0. The van der Waals surface area contributed by atoms with Crippen LogP contribution in [-0.4, -0.2) is 42.9 Å². The zero-order valence-electron chi connectivity index (χ0n) is 12.8. The van der Waals surface area contributed by atoms with E-state index in [1.165, 1.54) is 29.5 Å². The van der Waals surface area contributed by atoms with Gasteiger partial charge in [-0.15, -0.1) is 0 Å². The summed E-state index contributed by atoms with van der Waals surface area (Å²) < 4.78 is 0. The third kappa shape index (κ3) is 2.14. The largest absolute Gasteiger partial charge is 0.348 e. The molecular formula is C17H24N2O. The number of carbonyl (C=O) groups is 1. The van der Waals surface area contributed by atoms with Crippen LogP contribution in [0.1, 0.15) is 36.5 Å². The summed E-state index contributed by atoms with van der Waals surface area (Å²) in [6.45, 7) is 3.78. The number of hydrogen-bond acceptors (Lipinski definition) is 2. The summed E-state index contributed by atoms with van der Waals surface area (Å²) in [6.07, 6.45) is 4.58. The predicted molar refractivity (Wildman–Crippen MR) is 80.7 cm³/mol. The maximum Gasteiger partial charge on any atom is 0.236 e. The number of hydrogen-bond donors (Lipinski definition) is 0. The van der Waals surface area contributed by atoms with Gasteiger partial charge in [0.25, 0.3) is 0 Å². The van der Waals surface area contributed by atoms with Gasteiger partial charge in [0.05, 0.1) is 6.54 Å². The zero-order valence-corrected chi connectivity index (χ0v) is 12.8. The van der Waals surface area contributed by atoms with E-state index in [-0.39, 0.29) is 11.4 Å². The molecule has 1 aliphatic heterocycles. The first-order chi connectivity index (χ1) is 9.56. The van der Waals surface area contributed by atoms with E-state index < -0.39 is 0 Å². The molecule has 3 nitrogen and oxygen atoms in total. The first kappa shape index (κ1) is 13.6. The highest BCUT2D eigenvalue weighted by molar-refractivity contribution is 5.78. The first-order valence-corrected chi connectivity index (χ1v) is 7.64. The minimum Gasteiger partial charge on any atom is -0.348 e. The zero-order chi connectivity index (χ0) is 14.3. The molecule has 0 unspecified atom stereocenters. The van der Waals surface area contributed by atoms with Crippen molar-refractivity contribution in [2.45, 2.75) is 38.1 Å². The van der Waals surface area contributed by atoms with Crippen molar-refractivity contribution in [3.05, 3.63) is 34.9 Å². The van der Waals surface area contributed by atoms with Crippen molar-refractivity contribution in [3.63, 3.8) is 0 Å². The third-order valence-electron chi connectivity index (χ3n) is 4.88. The highest BCUT2D eigenvalue weighted by atomic mass is 16.2. The van der Waals surface area contributed by atoms with Gasteiger partial charge in [-0.25, -0.2) is 0 Å². The molecule has 2 aliphatic rings. The SMILES string of the molecule is CCc1ccc2c(c1)CCN(CC(=O)N(C)C)C21CC1. The van der Waals surface area contributed by atoms with Crippen LogP contribution in [0.5, 0.6) is 0 Å². The number of nitrogens with zero attached hydrogens (tertiary/aromatic N) is 2. The Balaban J connectivity index is 1.87. The van der Waals surface area contributed by atoms with E-state index >= 15 is 0 Å². The average Bonchev–Trinajstić information content (AvgIpc) is 3.23. The molecule has 1 fully saturated rings. The van der Waals surface area contributed by atoms with Crippen molar-refractivity contribution >= 4 is 5.91 Å². The summed E-state index contributed by atoms with van der Waals surface area (Å²) in [6, 6.07) is 6.95.